The average Bonchev–Trinajstić information content (AvgIpc) is 3.09. The standard InChI is InChI=1S/C22H18BrFN4O/c1-13-9-17(29-12-15-4-3-14(2)25-10-15)6-7-18(13)20-21(23)28-22(27-20)16-5-8-19(24)26-11-16/h3-11H,12H2,1-2H3,(H,27,28). The van der Waals surface area contributed by atoms with Crippen LogP contribution in [0.15, 0.2) is 59.5 Å². The zero-order valence-corrected chi connectivity index (χ0v) is 17.5. The first-order valence-electron chi connectivity index (χ1n) is 9.02. The average molecular weight is 453 g/mol. The van der Waals surface area contributed by atoms with Crippen LogP contribution in [-0.2, 0) is 6.61 Å². The van der Waals surface area contributed by atoms with Crippen molar-refractivity contribution < 1.29 is 9.13 Å². The van der Waals surface area contributed by atoms with E-state index in [4.69, 9.17) is 4.74 Å². The molecule has 0 unspecified atom stereocenters. The van der Waals surface area contributed by atoms with Gasteiger partial charge in [-0.05, 0) is 71.7 Å². The van der Waals surface area contributed by atoms with E-state index in [2.05, 4.69) is 35.9 Å². The van der Waals surface area contributed by atoms with Crippen molar-refractivity contribution in [2.24, 2.45) is 0 Å². The molecule has 0 atom stereocenters. The van der Waals surface area contributed by atoms with Crippen LogP contribution >= 0.6 is 15.9 Å². The number of nitrogens with one attached hydrogen (secondary N) is 1. The summed E-state index contributed by atoms with van der Waals surface area (Å²) in [6.45, 7) is 4.42. The zero-order chi connectivity index (χ0) is 20.4. The maximum absolute atomic E-state index is 13.1. The van der Waals surface area contributed by atoms with Crippen LogP contribution in [0.2, 0.25) is 0 Å². The lowest BCUT2D eigenvalue weighted by atomic mass is 10.1. The Kier molecular flexibility index (Phi) is 5.40. The van der Waals surface area contributed by atoms with Crippen molar-refractivity contribution in [2.45, 2.75) is 20.5 Å². The fourth-order valence-corrected chi connectivity index (χ4v) is 3.42. The first kappa shape index (κ1) is 19.3. The van der Waals surface area contributed by atoms with E-state index in [1.54, 1.807) is 6.07 Å². The number of ether oxygens (including phenoxy) is 1. The molecule has 0 fully saturated rings. The number of imidazole rings is 1. The Balaban J connectivity index is 1.55. The van der Waals surface area contributed by atoms with Crippen molar-refractivity contribution in [1.82, 2.24) is 19.9 Å². The molecule has 0 bridgehead atoms. The van der Waals surface area contributed by atoms with Crippen molar-refractivity contribution in [2.75, 3.05) is 0 Å². The first-order valence-corrected chi connectivity index (χ1v) is 9.81. The van der Waals surface area contributed by atoms with Gasteiger partial charge >= 0.3 is 0 Å². The van der Waals surface area contributed by atoms with Gasteiger partial charge < -0.3 is 9.72 Å². The number of halogens is 2. The highest BCUT2D eigenvalue weighted by Crippen LogP contribution is 2.33. The molecular formula is C22H18BrFN4O. The van der Waals surface area contributed by atoms with Crippen LogP contribution in [0.3, 0.4) is 0 Å². The summed E-state index contributed by atoms with van der Waals surface area (Å²) in [5.41, 5.74) is 5.48. The van der Waals surface area contributed by atoms with Crippen molar-refractivity contribution >= 4 is 15.9 Å². The predicted octanol–water partition coefficient (Wildman–Crippen LogP) is 5.63. The number of benzene rings is 1. The van der Waals surface area contributed by atoms with Gasteiger partial charge in [0, 0.05) is 34.8 Å². The number of pyridine rings is 2. The molecule has 1 aromatic carbocycles. The van der Waals surface area contributed by atoms with Gasteiger partial charge in [-0.25, -0.2) is 9.97 Å². The third kappa shape index (κ3) is 4.35. The highest BCUT2D eigenvalue weighted by Gasteiger charge is 2.14. The Morgan fingerprint density at radius 3 is 2.59 bits per heavy atom. The molecule has 0 aliphatic rings. The number of hydrogen-bond donors (Lipinski definition) is 1. The number of aromatic nitrogens is 4. The third-order valence-corrected chi connectivity index (χ3v) is 5.07. The second-order valence-corrected chi connectivity index (χ2v) is 7.48. The molecule has 0 aliphatic carbocycles. The molecule has 3 heterocycles. The van der Waals surface area contributed by atoms with Gasteiger partial charge in [0.05, 0.1) is 0 Å². The van der Waals surface area contributed by atoms with E-state index in [-0.39, 0.29) is 0 Å². The monoisotopic (exact) mass is 452 g/mol. The lowest BCUT2D eigenvalue weighted by molar-refractivity contribution is 0.305. The Morgan fingerprint density at radius 2 is 1.90 bits per heavy atom. The van der Waals surface area contributed by atoms with Crippen LogP contribution in [0.25, 0.3) is 22.6 Å². The van der Waals surface area contributed by atoms with Gasteiger partial charge in [-0.15, -0.1) is 0 Å². The van der Waals surface area contributed by atoms with Crippen molar-refractivity contribution in [3.8, 4) is 28.4 Å². The summed E-state index contributed by atoms with van der Waals surface area (Å²) < 4.78 is 19.7. The molecule has 3 aromatic heterocycles. The molecule has 0 spiro atoms. The molecule has 0 aliphatic heterocycles. The minimum Gasteiger partial charge on any atom is -0.489 e. The lowest BCUT2D eigenvalue weighted by Crippen LogP contribution is -1.97. The molecule has 5 nitrogen and oxygen atoms in total. The zero-order valence-electron chi connectivity index (χ0n) is 15.9. The normalized spacial score (nSPS) is 10.9. The van der Waals surface area contributed by atoms with E-state index in [1.807, 2.05) is 50.4 Å². The molecule has 146 valence electrons. The largest absolute Gasteiger partial charge is 0.489 e. The van der Waals surface area contributed by atoms with Gasteiger partial charge in [0.2, 0.25) is 5.95 Å². The van der Waals surface area contributed by atoms with E-state index >= 15 is 0 Å². The van der Waals surface area contributed by atoms with E-state index in [0.29, 0.717) is 18.0 Å². The smallest absolute Gasteiger partial charge is 0.212 e. The van der Waals surface area contributed by atoms with E-state index in [0.717, 1.165) is 38.4 Å². The number of nitrogens with zero attached hydrogens (tertiary/aromatic N) is 3. The Bertz CT molecular complexity index is 1140. The minimum absolute atomic E-state index is 0.458. The molecular weight excluding hydrogens is 435 g/mol. The summed E-state index contributed by atoms with van der Waals surface area (Å²) in [6, 6.07) is 12.8. The predicted molar refractivity (Wildman–Crippen MR) is 113 cm³/mol. The minimum atomic E-state index is -0.521. The van der Waals surface area contributed by atoms with Crippen LogP contribution in [-0.4, -0.2) is 19.9 Å². The second-order valence-electron chi connectivity index (χ2n) is 6.69. The summed E-state index contributed by atoms with van der Waals surface area (Å²) >= 11 is 3.53. The van der Waals surface area contributed by atoms with Gasteiger partial charge in [0.25, 0.3) is 0 Å². The Labute approximate surface area is 176 Å². The highest BCUT2D eigenvalue weighted by molar-refractivity contribution is 9.10. The van der Waals surface area contributed by atoms with Crippen LogP contribution in [0.4, 0.5) is 4.39 Å². The topological polar surface area (TPSA) is 63.7 Å². The summed E-state index contributed by atoms with van der Waals surface area (Å²) in [5.74, 6) is 0.875. The number of aryl methyl sites for hydroxylation is 2. The van der Waals surface area contributed by atoms with Crippen molar-refractivity contribution in [3.63, 3.8) is 0 Å². The molecule has 0 amide bonds. The van der Waals surface area contributed by atoms with Crippen molar-refractivity contribution in [1.29, 1.82) is 0 Å². The molecule has 4 rings (SSSR count). The van der Waals surface area contributed by atoms with Gasteiger partial charge in [-0.1, -0.05) is 6.07 Å². The summed E-state index contributed by atoms with van der Waals surface area (Å²) in [7, 11) is 0. The summed E-state index contributed by atoms with van der Waals surface area (Å²) in [6.07, 6.45) is 3.28. The molecule has 7 heteroatoms. The van der Waals surface area contributed by atoms with Crippen LogP contribution in [0, 0.1) is 19.8 Å². The fraction of sp³-hybridized carbons (Fsp3) is 0.136. The molecule has 1 N–H and O–H groups in total. The maximum atomic E-state index is 13.1. The number of H-pyrrole nitrogens is 1. The summed E-state index contributed by atoms with van der Waals surface area (Å²) in [5, 5.41) is 0. The number of rotatable bonds is 5. The van der Waals surface area contributed by atoms with Gasteiger partial charge in [0.15, 0.2) is 0 Å². The van der Waals surface area contributed by atoms with Gasteiger partial charge in [0.1, 0.15) is 28.5 Å². The lowest BCUT2D eigenvalue weighted by Gasteiger charge is -2.10. The van der Waals surface area contributed by atoms with E-state index in [1.165, 1.54) is 12.3 Å². The number of aromatic amines is 1. The van der Waals surface area contributed by atoms with E-state index in [9.17, 15) is 4.39 Å². The molecule has 29 heavy (non-hydrogen) atoms. The van der Waals surface area contributed by atoms with Gasteiger partial charge in [-0.2, -0.15) is 4.39 Å². The van der Waals surface area contributed by atoms with Crippen molar-refractivity contribution in [3.05, 3.63) is 82.2 Å². The summed E-state index contributed by atoms with van der Waals surface area (Å²) in [4.78, 5) is 15.8. The Hall–Kier alpha value is -3.06. The molecule has 0 radical (unpaired) electrons. The fourth-order valence-electron chi connectivity index (χ4n) is 2.93. The molecule has 0 saturated carbocycles. The quantitative estimate of drug-likeness (QED) is 0.398. The second kappa shape index (κ2) is 8.13. The number of hydrogen-bond acceptors (Lipinski definition) is 4. The first-order chi connectivity index (χ1) is 14.0. The third-order valence-electron chi connectivity index (χ3n) is 4.49. The highest BCUT2D eigenvalue weighted by atomic mass is 79.9. The maximum Gasteiger partial charge on any atom is 0.212 e. The molecule has 4 aromatic rings. The van der Waals surface area contributed by atoms with Gasteiger partial charge in [-0.3, -0.25) is 4.98 Å². The Morgan fingerprint density at radius 1 is 1.03 bits per heavy atom. The van der Waals surface area contributed by atoms with Crippen LogP contribution in [0.1, 0.15) is 16.8 Å². The van der Waals surface area contributed by atoms with Crippen LogP contribution in [0.5, 0.6) is 5.75 Å². The SMILES string of the molecule is Cc1ccc(COc2ccc(-c3nc(-c4ccc(F)nc4)[nH]c3Br)c(C)c2)cn1. The molecule has 0 saturated heterocycles. The van der Waals surface area contributed by atoms with Crippen LogP contribution < -0.4 is 4.74 Å². The van der Waals surface area contributed by atoms with E-state index < -0.39 is 5.95 Å².